The van der Waals surface area contributed by atoms with Gasteiger partial charge >= 0.3 is 5.63 Å². The summed E-state index contributed by atoms with van der Waals surface area (Å²) in [5, 5.41) is 14.0. The lowest BCUT2D eigenvalue weighted by Gasteiger charge is -2.09. The molecule has 2 heterocycles. The monoisotopic (exact) mass is 332 g/mol. The smallest absolute Gasteiger partial charge is 0.347 e. The Bertz CT molecular complexity index is 847. The molecule has 0 aliphatic carbocycles. The molecule has 0 amide bonds. The lowest BCUT2D eigenvalue weighted by atomic mass is 10.1. The number of rotatable bonds is 8. The number of nitrogens with one attached hydrogen (secondary N) is 1. The van der Waals surface area contributed by atoms with Crippen molar-refractivity contribution < 1.29 is 18.6 Å². The third kappa shape index (κ3) is 3.58. The third-order valence-corrected chi connectivity index (χ3v) is 3.23. The maximum absolute atomic E-state index is 12.1. The lowest BCUT2D eigenvalue weighted by Crippen LogP contribution is -2.10. The second kappa shape index (κ2) is 7.66. The highest BCUT2D eigenvalue weighted by atomic mass is 16.5. The van der Waals surface area contributed by atoms with E-state index in [1.165, 1.54) is 0 Å². The van der Waals surface area contributed by atoms with E-state index in [9.17, 15) is 4.79 Å². The first-order chi connectivity index (χ1) is 11.8. The molecule has 1 N–H and O–H groups in total. The molecule has 9 heteroatoms. The largest absolute Gasteiger partial charge is 0.487 e. The highest BCUT2D eigenvalue weighted by molar-refractivity contribution is 5.85. The van der Waals surface area contributed by atoms with E-state index in [2.05, 4.69) is 20.6 Å². The van der Waals surface area contributed by atoms with Crippen LogP contribution >= 0.6 is 0 Å². The highest BCUT2D eigenvalue weighted by Gasteiger charge is 2.14. The molecule has 2 aromatic heterocycles. The molecule has 0 aliphatic rings. The Hall–Kier alpha value is -2.78. The Morgan fingerprint density at radius 3 is 2.88 bits per heavy atom. The number of H-pyrrole nitrogens is 1. The number of aromatic amines is 1. The van der Waals surface area contributed by atoms with E-state index >= 15 is 0 Å². The molecule has 0 spiro atoms. The van der Waals surface area contributed by atoms with Crippen molar-refractivity contribution in [3.05, 3.63) is 34.7 Å². The molecule has 126 valence electrons. The second-order valence-electron chi connectivity index (χ2n) is 4.81. The molecular formula is C15H16N4O5. The molecule has 0 fully saturated rings. The summed E-state index contributed by atoms with van der Waals surface area (Å²) >= 11 is 0. The van der Waals surface area contributed by atoms with E-state index in [4.69, 9.17) is 18.6 Å². The van der Waals surface area contributed by atoms with Crippen LogP contribution in [0.5, 0.6) is 5.75 Å². The lowest BCUT2D eigenvalue weighted by molar-refractivity contribution is 0.0545. The van der Waals surface area contributed by atoms with E-state index < -0.39 is 5.63 Å². The summed E-state index contributed by atoms with van der Waals surface area (Å²) in [5.74, 6) is 0.656. The molecule has 3 aromatic rings. The minimum atomic E-state index is -0.559. The molecule has 3 rings (SSSR count). The number of tetrazole rings is 1. The molecule has 9 nitrogen and oxygen atoms in total. The fraction of sp³-hybridized carbons (Fsp3) is 0.333. The summed E-state index contributed by atoms with van der Waals surface area (Å²) in [5.41, 5.74) is 0.0410. The number of aromatic nitrogens is 4. The average Bonchev–Trinajstić information content (AvgIpc) is 3.12. The molecule has 0 atom stereocenters. The van der Waals surface area contributed by atoms with E-state index in [1.54, 1.807) is 19.2 Å². The number of methoxy groups -OCH3 is 1. The SMILES string of the molecule is COCCOCCOc1cccc2cc(-c3nn[nH]n3)c(=O)oc12. The predicted molar refractivity (Wildman–Crippen MR) is 83.8 cm³/mol. The summed E-state index contributed by atoms with van der Waals surface area (Å²) in [6, 6.07) is 7.00. The Kier molecular flexibility index (Phi) is 5.14. The minimum absolute atomic E-state index is 0.184. The van der Waals surface area contributed by atoms with Crippen LogP contribution in [0, 0.1) is 0 Å². The van der Waals surface area contributed by atoms with Gasteiger partial charge in [0.05, 0.1) is 19.8 Å². The van der Waals surface area contributed by atoms with Gasteiger partial charge in [-0.1, -0.05) is 12.1 Å². The first kappa shape index (κ1) is 16.1. The topological polar surface area (TPSA) is 112 Å². The summed E-state index contributed by atoms with van der Waals surface area (Å²) in [6.45, 7) is 1.77. The Morgan fingerprint density at radius 2 is 2.08 bits per heavy atom. The molecule has 0 bridgehead atoms. The van der Waals surface area contributed by atoms with Crippen molar-refractivity contribution in [2.45, 2.75) is 0 Å². The van der Waals surface area contributed by atoms with Crippen molar-refractivity contribution >= 4 is 11.0 Å². The minimum Gasteiger partial charge on any atom is -0.487 e. The standard InChI is InChI=1S/C15H16N4O5/c1-21-5-6-22-7-8-23-12-4-2-3-10-9-11(14-16-18-19-17-14)15(20)24-13(10)12/h2-4,9H,5-8H2,1H3,(H,16,17,18,19). The normalized spacial score (nSPS) is 11.0. The van der Waals surface area contributed by atoms with Gasteiger partial charge in [0.15, 0.2) is 11.3 Å². The van der Waals surface area contributed by atoms with Crippen LogP contribution in [0.25, 0.3) is 22.4 Å². The van der Waals surface area contributed by atoms with Crippen LogP contribution in [0.1, 0.15) is 0 Å². The fourth-order valence-electron chi connectivity index (χ4n) is 2.12. The summed E-state index contributed by atoms with van der Waals surface area (Å²) < 4.78 is 21.2. The molecule has 1 aromatic carbocycles. The van der Waals surface area contributed by atoms with E-state index in [1.807, 2.05) is 12.1 Å². The Balaban J connectivity index is 1.78. The van der Waals surface area contributed by atoms with Crippen LogP contribution in [0.2, 0.25) is 0 Å². The summed E-state index contributed by atoms with van der Waals surface area (Å²) in [7, 11) is 1.61. The maximum Gasteiger partial charge on any atom is 0.347 e. The highest BCUT2D eigenvalue weighted by Crippen LogP contribution is 2.26. The summed E-state index contributed by atoms with van der Waals surface area (Å²) in [4.78, 5) is 12.1. The predicted octanol–water partition coefficient (Wildman–Crippen LogP) is 1.01. The van der Waals surface area contributed by atoms with Crippen molar-refractivity contribution in [1.82, 2.24) is 20.6 Å². The van der Waals surface area contributed by atoms with Crippen LogP contribution in [0.3, 0.4) is 0 Å². The maximum atomic E-state index is 12.1. The van der Waals surface area contributed by atoms with Gasteiger partial charge in [-0.15, -0.1) is 10.2 Å². The Morgan fingerprint density at radius 1 is 1.21 bits per heavy atom. The van der Waals surface area contributed by atoms with Crippen LogP contribution in [-0.4, -0.2) is 54.2 Å². The molecular weight excluding hydrogens is 316 g/mol. The van der Waals surface area contributed by atoms with Crippen LogP contribution in [0.4, 0.5) is 0 Å². The first-order valence-electron chi connectivity index (χ1n) is 7.30. The molecule has 24 heavy (non-hydrogen) atoms. The first-order valence-corrected chi connectivity index (χ1v) is 7.30. The number of hydrogen-bond acceptors (Lipinski definition) is 8. The van der Waals surface area contributed by atoms with E-state index in [0.717, 1.165) is 0 Å². The van der Waals surface area contributed by atoms with Crippen molar-refractivity contribution in [3.63, 3.8) is 0 Å². The Labute approximate surface area is 136 Å². The van der Waals surface area contributed by atoms with Gasteiger partial charge in [-0.3, -0.25) is 0 Å². The van der Waals surface area contributed by atoms with Crippen LogP contribution in [-0.2, 0) is 9.47 Å². The molecule has 0 saturated carbocycles. The van der Waals surface area contributed by atoms with Gasteiger partial charge in [0.1, 0.15) is 12.2 Å². The zero-order valence-corrected chi connectivity index (χ0v) is 13.0. The average molecular weight is 332 g/mol. The van der Waals surface area contributed by atoms with Crippen molar-refractivity contribution in [1.29, 1.82) is 0 Å². The van der Waals surface area contributed by atoms with Crippen LogP contribution in [0.15, 0.2) is 33.5 Å². The van der Waals surface area contributed by atoms with Gasteiger partial charge in [-0.2, -0.15) is 5.21 Å². The quantitative estimate of drug-likeness (QED) is 0.480. The van der Waals surface area contributed by atoms with Crippen molar-refractivity contribution in [3.8, 4) is 17.1 Å². The second-order valence-corrected chi connectivity index (χ2v) is 4.81. The van der Waals surface area contributed by atoms with Gasteiger partial charge in [0.25, 0.3) is 0 Å². The number of para-hydroxylation sites is 1. The van der Waals surface area contributed by atoms with Gasteiger partial charge in [0, 0.05) is 12.5 Å². The number of benzene rings is 1. The molecule has 0 aliphatic heterocycles. The number of fused-ring (bicyclic) bond motifs is 1. The number of ether oxygens (including phenoxy) is 3. The zero-order chi connectivity index (χ0) is 16.8. The molecule has 0 radical (unpaired) electrons. The van der Waals surface area contributed by atoms with Crippen LogP contribution < -0.4 is 10.4 Å². The summed E-state index contributed by atoms with van der Waals surface area (Å²) in [6.07, 6.45) is 0. The third-order valence-electron chi connectivity index (χ3n) is 3.23. The van der Waals surface area contributed by atoms with Gasteiger partial charge < -0.3 is 18.6 Å². The van der Waals surface area contributed by atoms with Gasteiger partial charge in [-0.05, 0) is 17.3 Å². The molecule has 0 saturated heterocycles. The number of nitrogens with zero attached hydrogens (tertiary/aromatic N) is 3. The van der Waals surface area contributed by atoms with E-state index in [0.29, 0.717) is 43.1 Å². The van der Waals surface area contributed by atoms with Crippen molar-refractivity contribution in [2.75, 3.05) is 33.5 Å². The fourth-order valence-corrected chi connectivity index (χ4v) is 2.12. The molecule has 0 unspecified atom stereocenters. The van der Waals surface area contributed by atoms with Gasteiger partial charge in [-0.25, -0.2) is 4.79 Å². The van der Waals surface area contributed by atoms with Gasteiger partial charge in [0.2, 0.25) is 5.82 Å². The van der Waals surface area contributed by atoms with E-state index in [-0.39, 0.29) is 11.4 Å². The van der Waals surface area contributed by atoms with Crippen molar-refractivity contribution in [2.24, 2.45) is 0 Å². The number of hydrogen-bond donors (Lipinski definition) is 1. The zero-order valence-electron chi connectivity index (χ0n) is 13.0.